The highest BCUT2D eigenvalue weighted by Gasteiger charge is 2.29. The van der Waals surface area contributed by atoms with Crippen molar-refractivity contribution in [1.82, 2.24) is 4.90 Å². The van der Waals surface area contributed by atoms with Gasteiger partial charge in [-0.3, -0.25) is 4.79 Å². The molecule has 0 radical (unpaired) electrons. The monoisotopic (exact) mass is 356 g/mol. The van der Waals surface area contributed by atoms with Gasteiger partial charge in [-0.2, -0.15) is 5.26 Å². The van der Waals surface area contributed by atoms with E-state index in [2.05, 4.69) is 0 Å². The SMILES string of the molecule is COc1ccc(/C=C(\C#N)C(=O)OCC(=O)N2[C@@H](C)CCC[C@@H]2C)cc1. The third-order valence-corrected chi connectivity index (χ3v) is 4.58. The first-order chi connectivity index (χ1) is 12.5. The van der Waals surface area contributed by atoms with Crippen LogP contribution in [-0.4, -0.2) is 42.6 Å². The maximum atomic E-state index is 12.4. The molecule has 0 unspecified atom stereocenters. The first-order valence-corrected chi connectivity index (χ1v) is 8.70. The van der Waals surface area contributed by atoms with E-state index < -0.39 is 5.97 Å². The smallest absolute Gasteiger partial charge is 0.349 e. The molecule has 1 aliphatic heterocycles. The summed E-state index contributed by atoms with van der Waals surface area (Å²) in [6, 6.07) is 9.02. The van der Waals surface area contributed by atoms with Crippen molar-refractivity contribution in [2.75, 3.05) is 13.7 Å². The highest BCUT2D eigenvalue weighted by Crippen LogP contribution is 2.22. The van der Waals surface area contributed by atoms with Gasteiger partial charge in [-0.05, 0) is 56.9 Å². The Morgan fingerprint density at radius 1 is 1.23 bits per heavy atom. The molecule has 26 heavy (non-hydrogen) atoms. The highest BCUT2D eigenvalue weighted by molar-refractivity contribution is 5.98. The second-order valence-electron chi connectivity index (χ2n) is 6.45. The van der Waals surface area contributed by atoms with Crippen molar-refractivity contribution >= 4 is 18.0 Å². The van der Waals surface area contributed by atoms with E-state index in [0.29, 0.717) is 11.3 Å². The minimum atomic E-state index is -0.797. The summed E-state index contributed by atoms with van der Waals surface area (Å²) in [5, 5.41) is 9.22. The molecule has 6 heteroatoms. The fourth-order valence-corrected chi connectivity index (χ4v) is 3.20. The Morgan fingerprint density at radius 3 is 2.38 bits per heavy atom. The number of methoxy groups -OCH3 is 1. The minimum Gasteiger partial charge on any atom is -0.497 e. The Hall–Kier alpha value is -2.81. The standard InChI is InChI=1S/C20H24N2O4/c1-14-5-4-6-15(2)22(14)19(23)13-26-20(24)17(12-21)11-16-7-9-18(25-3)10-8-16/h7-11,14-15H,4-6,13H2,1-3H3/b17-11+/t14-,15-/m0/s1. The molecule has 1 fully saturated rings. The van der Waals surface area contributed by atoms with Crippen molar-refractivity contribution in [3.8, 4) is 11.8 Å². The van der Waals surface area contributed by atoms with E-state index >= 15 is 0 Å². The van der Waals surface area contributed by atoms with Crippen molar-refractivity contribution in [1.29, 1.82) is 5.26 Å². The van der Waals surface area contributed by atoms with Gasteiger partial charge < -0.3 is 14.4 Å². The summed E-state index contributed by atoms with van der Waals surface area (Å²) in [4.78, 5) is 26.3. The van der Waals surface area contributed by atoms with Gasteiger partial charge in [0.25, 0.3) is 5.91 Å². The van der Waals surface area contributed by atoms with Crippen LogP contribution in [0.2, 0.25) is 0 Å². The average molecular weight is 356 g/mol. The van der Waals surface area contributed by atoms with Crippen LogP contribution in [0.25, 0.3) is 6.08 Å². The Morgan fingerprint density at radius 2 is 1.85 bits per heavy atom. The Kier molecular flexibility index (Phi) is 6.79. The van der Waals surface area contributed by atoms with Crippen molar-refractivity contribution in [2.45, 2.75) is 45.2 Å². The van der Waals surface area contributed by atoms with Crippen molar-refractivity contribution in [2.24, 2.45) is 0 Å². The number of ether oxygens (including phenoxy) is 2. The molecule has 1 heterocycles. The van der Waals surface area contributed by atoms with Crippen LogP contribution in [0.4, 0.5) is 0 Å². The number of hydrogen-bond donors (Lipinski definition) is 0. The van der Waals surface area contributed by atoms with E-state index in [1.165, 1.54) is 6.08 Å². The van der Waals surface area contributed by atoms with Crippen LogP contribution in [0.5, 0.6) is 5.75 Å². The van der Waals surface area contributed by atoms with Crippen LogP contribution in [0, 0.1) is 11.3 Å². The molecule has 1 saturated heterocycles. The number of amides is 1. The minimum absolute atomic E-state index is 0.134. The first-order valence-electron chi connectivity index (χ1n) is 8.70. The average Bonchev–Trinajstić information content (AvgIpc) is 2.64. The molecule has 2 atom stereocenters. The van der Waals surface area contributed by atoms with Gasteiger partial charge in [-0.25, -0.2) is 4.79 Å². The van der Waals surface area contributed by atoms with E-state index in [4.69, 9.17) is 9.47 Å². The maximum absolute atomic E-state index is 12.4. The van der Waals surface area contributed by atoms with E-state index in [-0.39, 0.29) is 30.2 Å². The van der Waals surface area contributed by atoms with Crippen LogP contribution < -0.4 is 4.74 Å². The second-order valence-corrected chi connectivity index (χ2v) is 6.45. The summed E-state index contributed by atoms with van der Waals surface area (Å²) in [5.41, 5.74) is 0.520. The van der Waals surface area contributed by atoms with Gasteiger partial charge in [-0.15, -0.1) is 0 Å². The van der Waals surface area contributed by atoms with Gasteiger partial charge in [-0.1, -0.05) is 12.1 Å². The third-order valence-electron chi connectivity index (χ3n) is 4.58. The normalized spacial score (nSPS) is 20.2. The molecule has 1 aromatic carbocycles. The van der Waals surface area contributed by atoms with E-state index in [9.17, 15) is 14.9 Å². The van der Waals surface area contributed by atoms with Gasteiger partial charge in [0.15, 0.2) is 6.61 Å². The van der Waals surface area contributed by atoms with E-state index in [0.717, 1.165) is 19.3 Å². The summed E-state index contributed by atoms with van der Waals surface area (Å²) in [6.07, 6.45) is 4.42. The molecule has 1 aromatic rings. The molecule has 0 aromatic heterocycles. The van der Waals surface area contributed by atoms with Crippen LogP contribution >= 0.6 is 0 Å². The number of carbonyl (C=O) groups is 2. The predicted molar refractivity (Wildman–Crippen MR) is 97.2 cm³/mol. The molecule has 1 aliphatic rings. The number of esters is 1. The van der Waals surface area contributed by atoms with Crippen molar-refractivity contribution in [3.05, 3.63) is 35.4 Å². The van der Waals surface area contributed by atoms with Crippen LogP contribution in [0.3, 0.4) is 0 Å². The summed E-state index contributed by atoms with van der Waals surface area (Å²) in [6.45, 7) is 3.65. The number of nitrogens with zero attached hydrogens (tertiary/aromatic N) is 2. The molecule has 0 bridgehead atoms. The predicted octanol–water partition coefficient (Wildman–Crippen LogP) is 2.93. The molecule has 0 saturated carbocycles. The lowest BCUT2D eigenvalue weighted by molar-refractivity contribution is -0.151. The highest BCUT2D eigenvalue weighted by atomic mass is 16.5. The zero-order chi connectivity index (χ0) is 19.1. The van der Waals surface area contributed by atoms with E-state index in [1.807, 2.05) is 19.9 Å². The summed E-state index contributed by atoms with van der Waals surface area (Å²) in [7, 11) is 1.56. The second kappa shape index (κ2) is 9.04. The number of likely N-dealkylation sites (tertiary alicyclic amines) is 1. The molecule has 138 valence electrons. The fraction of sp³-hybridized carbons (Fsp3) is 0.450. The van der Waals surface area contributed by atoms with Crippen LogP contribution in [0.1, 0.15) is 38.7 Å². The number of rotatable bonds is 5. The van der Waals surface area contributed by atoms with Gasteiger partial charge in [0.1, 0.15) is 17.4 Å². The Labute approximate surface area is 154 Å². The third kappa shape index (κ3) is 4.85. The number of nitriles is 1. The van der Waals surface area contributed by atoms with Gasteiger partial charge >= 0.3 is 5.97 Å². The Balaban J connectivity index is 1.99. The van der Waals surface area contributed by atoms with Crippen molar-refractivity contribution < 1.29 is 19.1 Å². The molecule has 0 N–H and O–H groups in total. The number of benzene rings is 1. The molecular formula is C20H24N2O4. The van der Waals surface area contributed by atoms with Crippen LogP contribution in [0.15, 0.2) is 29.8 Å². The lowest BCUT2D eigenvalue weighted by Crippen LogP contribution is -2.49. The van der Waals surface area contributed by atoms with Gasteiger partial charge in [0.2, 0.25) is 0 Å². The number of piperidine rings is 1. The maximum Gasteiger partial charge on any atom is 0.349 e. The topological polar surface area (TPSA) is 79.6 Å². The Bertz CT molecular complexity index is 708. The molecule has 6 nitrogen and oxygen atoms in total. The largest absolute Gasteiger partial charge is 0.497 e. The van der Waals surface area contributed by atoms with Gasteiger partial charge in [0.05, 0.1) is 7.11 Å². The first kappa shape index (κ1) is 19.5. The zero-order valence-corrected chi connectivity index (χ0v) is 15.4. The molecule has 0 spiro atoms. The summed E-state index contributed by atoms with van der Waals surface area (Å²) >= 11 is 0. The number of carbonyl (C=O) groups excluding carboxylic acids is 2. The lowest BCUT2D eigenvalue weighted by Gasteiger charge is -2.38. The summed E-state index contributed by atoms with van der Waals surface area (Å²) in [5.74, 6) is -0.340. The summed E-state index contributed by atoms with van der Waals surface area (Å²) < 4.78 is 10.1. The molecular weight excluding hydrogens is 332 g/mol. The molecule has 0 aliphatic carbocycles. The number of hydrogen-bond acceptors (Lipinski definition) is 5. The van der Waals surface area contributed by atoms with E-state index in [1.54, 1.807) is 36.3 Å². The van der Waals surface area contributed by atoms with Crippen molar-refractivity contribution in [3.63, 3.8) is 0 Å². The quantitative estimate of drug-likeness (QED) is 0.460. The zero-order valence-electron chi connectivity index (χ0n) is 15.4. The van der Waals surface area contributed by atoms with Gasteiger partial charge in [0, 0.05) is 12.1 Å². The molecule has 1 amide bonds. The van der Waals surface area contributed by atoms with Crippen LogP contribution in [-0.2, 0) is 14.3 Å². The fourth-order valence-electron chi connectivity index (χ4n) is 3.20. The lowest BCUT2D eigenvalue weighted by atomic mass is 9.97. The molecule has 2 rings (SSSR count).